The van der Waals surface area contributed by atoms with Crippen LogP contribution in [-0.4, -0.2) is 59.6 Å². The molecule has 1 atom stereocenters. The third-order valence-electron chi connectivity index (χ3n) is 3.63. The summed E-state index contributed by atoms with van der Waals surface area (Å²) < 4.78 is 0. The first-order valence-electron chi connectivity index (χ1n) is 6.31. The van der Waals surface area contributed by atoms with Crippen LogP contribution in [0.3, 0.4) is 0 Å². The van der Waals surface area contributed by atoms with Gasteiger partial charge in [-0.25, -0.2) is 0 Å². The van der Waals surface area contributed by atoms with Gasteiger partial charge in [0.2, 0.25) is 5.91 Å². The molecule has 92 valence electrons. The van der Waals surface area contributed by atoms with Crippen molar-refractivity contribution in [1.82, 2.24) is 9.80 Å². The standard InChI is InChI=1S/C12H22N2O2/c1-10(16)14(12-2-3-12)9-11-4-5-13(8-11)6-7-15/h11-12,15H,2-9H2,1H3/t11-/m0/s1. The van der Waals surface area contributed by atoms with Gasteiger partial charge in [0.15, 0.2) is 0 Å². The molecule has 4 nitrogen and oxygen atoms in total. The Morgan fingerprint density at radius 1 is 1.44 bits per heavy atom. The minimum Gasteiger partial charge on any atom is -0.395 e. The van der Waals surface area contributed by atoms with E-state index in [0.29, 0.717) is 12.0 Å². The summed E-state index contributed by atoms with van der Waals surface area (Å²) in [7, 11) is 0. The van der Waals surface area contributed by atoms with E-state index in [1.165, 1.54) is 12.8 Å². The first-order valence-corrected chi connectivity index (χ1v) is 6.31. The van der Waals surface area contributed by atoms with E-state index in [4.69, 9.17) is 5.11 Å². The number of β-amino-alcohol motifs (C(OH)–C–C–N with tert-alkyl or cyclic N) is 1. The average molecular weight is 226 g/mol. The summed E-state index contributed by atoms with van der Waals surface area (Å²) in [4.78, 5) is 15.8. The van der Waals surface area contributed by atoms with E-state index in [-0.39, 0.29) is 12.5 Å². The van der Waals surface area contributed by atoms with Crippen LogP contribution in [0.4, 0.5) is 0 Å². The van der Waals surface area contributed by atoms with E-state index < -0.39 is 0 Å². The van der Waals surface area contributed by atoms with Crippen molar-refractivity contribution >= 4 is 5.91 Å². The SMILES string of the molecule is CC(=O)N(C[C@H]1CCN(CCO)C1)C1CC1. The van der Waals surface area contributed by atoms with Gasteiger partial charge in [0.25, 0.3) is 0 Å². The summed E-state index contributed by atoms with van der Waals surface area (Å²) in [6.45, 7) is 5.73. The zero-order valence-electron chi connectivity index (χ0n) is 10.1. The number of carbonyl (C=O) groups excluding carboxylic acids is 1. The highest BCUT2D eigenvalue weighted by molar-refractivity contribution is 5.74. The van der Waals surface area contributed by atoms with Crippen LogP contribution in [0.5, 0.6) is 0 Å². The monoisotopic (exact) mass is 226 g/mol. The molecule has 2 aliphatic rings. The highest BCUT2D eigenvalue weighted by atomic mass is 16.3. The van der Waals surface area contributed by atoms with E-state index >= 15 is 0 Å². The molecule has 2 rings (SSSR count). The summed E-state index contributed by atoms with van der Waals surface area (Å²) in [6, 6.07) is 0.532. The van der Waals surface area contributed by atoms with Crippen LogP contribution in [0.1, 0.15) is 26.2 Å². The highest BCUT2D eigenvalue weighted by Crippen LogP contribution is 2.29. The Balaban J connectivity index is 1.78. The molecule has 1 aliphatic carbocycles. The Morgan fingerprint density at radius 2 is 2.19 bits per heavy atom. The Morgan fingerprint density at radius 3 is 2.75 bits per heavy atom. The number of rotatable bonds is 5. The predicted molar refractivity (Wildman–Crippen MR) is 62.0 cm³/mol. The Hall–Kier alpha value is -0.610. The number of aliphatic hydroxyl groups excluding tert-OH is 1. The topological polar surface area (TPSA) is 43.8 Å². The molecule has 0 aromatic rings. The lowest BCUT2D eigenvalue weighted by Crippen LogP contribution is -2.36. The normalized spacial score (nSPS) is 26.0. The molecule has 1 saturated carbocycles. The lowest BCUT2D eigenvalue weighted by atomic mass is 10.1. The summed E-state index contributed by atoms with van der Waals surface area (Å²) in [5.74, 6) is 0.833. The van der Waals surface area contributed by atoms with Gasteiger partial charge in [-0.2, -0.15) is 0 Å². The van der Waals surface area contributed by atoms with Gasteiger partial charge in [0.05, 0.1) is 6.61 Å². The first-order chi connectivity index (χ1) is 7.70. The van der Waals surface area contributed by atoms with E-state index in [1.807, 2.05) is 4.90 Å². The zero-order valence-corrected chi connectivity index (χ0v) is 10.1. The van der Waals surface area contributed by atoms with Gasteiger partial charge in [0, 0.05) is 32.6 Å². The fraction of sp³-hybridized carbons (Fsp3) is 0.917. The summed E-state index contributed by atoms with van der Waals surface area (Å²) in [5.41, 5.74) is 0. The van der Waals surface area contributed by atoms with Crippen LogP contribution >= 0.6 is 0 Å². The quantitative estimate of drug-likeness (QED) is 0.734. The third-order valence-corrected chi connectivity index (χ3v) is 3.63. The van der Waals surface area contributed by atoms with Crippen molar-refractivity contribution in [2.24, 2.45) is 5.92 Å². The van der Waals surface area contributed by atoms with Crippen LogP contribution in [0.2, 0.25) is 0 Å². The molecule has 0 radical (unpaired) electrons. The van der Waals surface area contributed by atoms with Crippen molar-refractivity contribution in [3.05, 3.63) is 0 Å². The molecule has 0 bridgehead atoms. The maximum atomic E-state index is 11.5. The zero-order chi connectivity index (χ0) is 11.5. The second-order valence-corrected chi connectivity index (χ2v) is 5.08. The van der Waals surface area contributed by atoms with Gasteiger partial charge in [0.1, 0.15) is 0 Å². The molecular weight excluding hydrogens is 204 g/mol. The number of hydrogen-bond acceptors (Lipinski definition) is 3. The van der Waals surface area contributed by atoms with Gasteiger partial charge in [-0.3, -0.25) is 4.79 Å². The molecule has 1 heterocycles. The number of carbonyl (C=O) groups is 1. The second-order valence-electron chi connectivity index (χ2n) is 5.08. The molecule has 1 N–H and O–H groups in total. The molecule has 0 spiro atoms. The fourth-order valence-electron chi connectivity index (χ4n) is 2.61. The largest absolute Gasteiger partial charge is 0.395 e. The van der Waals surface area contributed by atoms with Gasteiger partial charge < -0.3 is 14.9 Å². The highest BCUT2D eigenvalue weighted by Gasteiger charge is 2.33. The minimum absolute atomic E-state index is 0.225. The number of nitrogens with zero attached hydrogens (tertiary/aromatic N) is 2. The van der Waals surface area contributed by atoms with E-state index in [9.17, 15) is 4.79 Å². The molecule has 0 aromatic carbocycles. The van der Waals surface area contributed by atoms with E-state index in [0.717, 1.165) is 32.6 Å². The molecule has 0 aromatic heterocycles. The number of likely N-dealkylation sites (tertiary alicyclic amines) is 1. The van der Waals surface area contributed by atoms with Crippen LogP contribution in [-0.2, 0) is 4.79 Å². The molecule has 2 fully saturated rings. The van der Waals surface area contributed by atoms with Gasteiger partial charge in [-0.15, -0.1) is 0 Å². The van der Waals surface area contributed by atoms with Crippen LogP contribution in [0.15, 0.2) is 0 Å². The Labute approximate surface area is 97.2 Å². The van der Waals surface area contributed by atoms with Crippen LogP contribution in [0.25, 0.3) is 0 Å². The third kappa shape index (κ3) is 2.95. The van der Waals surface area contributed by atoms with Crippen LogP contribution in [0, 0.1) is 5.92 Å². The smallest absolute Gasteiger partial charge is 0.219 e. The summed E-state index contributed by atoms with van der Waals surface area (Å²) in [6.07, 6.45) is 3.54. The van der Waals surface area contributed by atoms with Crippen molar-refractivity contribution in [3.8, 4) is 0 Å². The van der Waals surface area contributed by atoms with Gasteiger partial charge in [-0.05, 0) is 31.7 Å². The lowest BCUT2D eigenvalue weighted by molar-refractivity contribution is -0.130. The van der Waals surface area contributed by atoms with Gasteiger partial charge >= 0.3 is 0 Å². The fourth-order valence-corrected chi connectivity index (χ4v) is 2.61. The number of amides is 1. The van der Waals surface area contributed by atoms with E-state index in [1.54, 1.807) is 6.92 Å². The number of hydrogen-bond donors (Lipinski definition) is 1. The van der Waals surface area contributed by atoms with Crippen molar-refractivity contribution < 1.29 is 9.90 Å². The summed E-state index contributed by atoms with van der Waals surface area (Å²) in [5, 5.41) is 8.88. The van der Waals surface area contributed by atoms with Crippen molar-refractivity contribution in [2.75, 3.05) is 32.8 Å². The summed E-state index contributed by atoms with van der Waals surface area (Å²) >= 11 is 0. The van der Waals surface area contributed by atoms with Crippen molar-refractivity contribution in [2.45, 2.75) is 32.2 Å². The molecule has 1 saturated heterocycles. The van der Waals surface area contributed by atoms with Crippen LogP contribution < -0.4 is 0 Å². The molecule has 1 amide bonds. The molecule has 4 heteroatoms. The average Bonchev–Trinajstić information content (AvgIpc) is 2.97. The molecule has 16 heavy (non-hydrogen) atoms. The maximum absolute atomic E-state index is 11.5. The predicted octanol–water partition coefficient (Wildman–Crippen LogP) is 0.311. The molecular formula is C12H22N2O2. The lowest BCUT2D eigenvalue weighted by Gasteiger charge is -2.24. The van der Waals surface area contributed by atoms with Crippen molar-refractivity contribution in [3.63, 3.8) is 0 Å². The molecule has 1 aliphatic heterocycles. The minimum atomic E-state index is 0.225. The van der Waals surface area contributed by atoms with Crippen molar-refractivity contribution in [1.29, 1.82) is 0 Å². The number of aliphatic hydroxyl groups is 1. The molecule has 0 unspecified atom stereocenters. The first kappa shape index (κ1) is 11.9. The Kier molecular flexibility index (Phi) is 3.82. The van der Waals surface area contributed by atoms with Gasteiger partial charge in [-0.1, -0.05) is 0 Å². The maximum Gasteiger partial charge on any atom is 0.219 e. The Bertz CT molecular complexity index is 253. The second kappa shape index (κ2) is 5.15. The van der Waals surface area contributed by atoms with E-state index in [2.05, 4.69) is 4.90 Å².